The maximum absolute atomic E-state index is 6.06. The Bertz CT molecular complexity index is 733. The molecule has 5 heteroatoms. The molecule has 3 rings (SSSR count). The van der Waals surface area contributed by atoms with Crippen molar-refractivity contribution in [1.82, 2.24) is 14.5 Å². The first kappa shape index (κ1) is 12.1. The SMILES string of the molecule is CC(N)c1nc2cccnc2n1-c1cccc(Cl)c1. The van der Waals surface area contributed by atoms with Crippen molar-refractivity contribution in [3.63, 3.8) is 0 Å². The molecule has 96 valence electrons. The Morgan fingerprint density at radius 3 is 2.84 bits per heavy atom. The summed E-state index contributed by atoms with van der Waals surface area (Å²) in [4.78, 5) is 8.94. The van der Waals surface area contributed by atoms with Crippen LogP contribution < -0.4 is 5.73 Å². The van der Waals surface area contributed by atoms with Crippen LogP contribution in [0.1, 0.15) is 18.8 Å². The second-order valence-corrected chi connectivity index (χ2v) is 4.86. The lowest BCUT2D eigenvalue weighted by Crippen LogP contribution is -2.12. The molecule has 0 saturated heterocycles. The Kier molecular flexibility index (Phi) is 2.97. The van der Waals surface area contributed by atoms with Gasteiger partial charge < -0.3 is 5.73 Å². The number of pyridine rings is 1. The summed E-state index contributed by atoms with van der Waals surface area (Å²) in [5.74, 6) is 0.774. The van der Waals surface area contributed by atoms with Crippen LogP contribution >= 0.6 is 11.6 Å². The third-order valence-corrected chi connectivity index (χ3v) is 3.15. The number of halogens is 1. The standard InChI is InChI=1S/C14H13ClN4/c1-9(16)13-18-12-6-3-7-17-14(12)19(13)11-5-2-4-10(15)8-11/h2-9H,16H2,1H3. The fraction of sp³-hybridized carbons (Fsp3) is 0.143. The molecular formula is C14H13ClN4. The van der Waals surface area contributed by atoms with Crippen molar-refractivity contribution in [2.24, 2.45) is 5.73 Å². The first-order chi connectivity index (χ1) is 9.16. The van der Waals surface area contributed by atoms with Crippen molar-refractivity contribution in [1.29, 1.82) is 0 Å². The molecule has 2 aromatic heterocycles. The molecule has 3 aromatic rings. The number of fused-ring (bicyclic) bond motifs is 1. The summed E-state index contributed by atoms with van der Waals surface area (Å²) in [5.41, 5.74) is 8.54. The molecular weight excluding hydrogens is 260 g/mol. The Labute approximate surface area is 115 Å². The van der Waals surface area contributed by atoms with Gasteiger partial charge in [-0.2, -0.15) is 0 Å². The van der Waals surface area contributed by atoms with Crippen molar-refractivity contribution in [3.05, 3.63) is 53.4 Å². The molecule has 0 aliphatic heterocycles. The Morgan fingerprint density at radius 2 is 2.11 bits per heavy atom. The van der Waals surface area contributed by atoms with Gasteiger partial charge in [-0.05, 0) is 37.3 Å². The zero-order valence-corrected chi connectivity index (χ0v) is 11.2. The Balaban J connectivity index is 2.34. The summed E-state index contributed by atoms with van der Waals surface area (Å²) in [6.07, 6.45) is 1.75. The topological polar surface area (TPSA) is 56.7 Å². The van der Waals surface area contributed by atoms with Gasteiger partial charge in [-0.1, -0.05) is 17.7 Å². The highest BCUT2D eigenvalue weighted by Gasteiger charge is 2.16. The van der Waals surface area contributed by atoms with Gasteiger partial charge in [-0.3, -0.25) is 4.57 Å². The highest BCUT2D eigenvalue weighted by Crippen LogP contribution is 2.24. The lowest BCUT2D eigenvalue weighted by molar-refractivity contribution is 0.725. The fourth-order valence-electron chi connectivity index (χ4n) is 2.11. The molecule has 0 radical (unpaired) electrons. The number of rotatable bonds is 2. The van der Waals surface area contributed by atoms with Crippen LogP contribution in [-0.2, 0) is 0 Å². The normalized spacial score (nSPS) is 12.8. The Morgan fingerprint density at radius 1 is 1.26 bits per heavy atom. The number of hydrogen-bond donors (Lipinski definition) is 1. The molecule has 19 heavy (non-hydrogen) atoms. The summed E-state index contributed by atoms with van der Waals surface area (Å²) < 4.78 is 1.95. The second kappa shape index (κ2) is 4.64. The van der Waals surface area contributed by atoms with Crippen LogP contribution in [0.2, 0.25) is 5.02 Å². The van der Waals surface area contributed by atoms with Crippen molar-refractivity contribution < 1.29 is 0 Å². The molecule has 1 atom stereocenters. The molecule has 0 saturated carbocycles. The van der Waals surface area contributed by atoms with Crippen molar-refractivity contribution >= 4 is 22.8 Å². The lowest BCUT2D eigenvalue weighted by Gasteiger charge is -2.11. The molecule has 1 unspecified atom stereocenters. The van der Waals surface area contributed by atoms with Gasteiger partial charge in [0.1, 0.15) is 11.3 Å². The lowest BCUT2D eigenvalue weighted by atomic mass is 10.3. The Hall–Kier alpha value is -1.91. The summed E-state index contributed by atoms with van der Waals surface area (Å²) in [5, 5.41) is 0.672. The van der Waals surface area contributed by atoms with Crippen LogP contribution in [0.4, 0.5) is 0 Å². The van der Waals surface area contributed by atoms with Gasteiger partial charge in [0.2, 0.25) is 0 Å². The largest absolute Gasteiger partial charge is 0.322 e. The monoisotopic (exact) mass is 272 g/mol. The number of hydrogen-bond acceptors (Lipinski definition) is 3. The van der Waals surface area contributed by atoms with E-state index < -0.39 is 0 Å². The summed E-state index contributed by atoms with van der Waals surface area (Å²) in [7, 11) is 0. The van der Waals surface area contributed by atoms with Crippen LogP contribution in [0.3, 0.4) is 0 Å². The molecule has 0 spiro atoms. The van der Waals surface area contributed by atoms with Crippen LogP contribution in [0.15, 0.2) is 42.6 Å². The smallest absolute Gasteiger partial charge is 0.164 e. The van der Waals surface area contributed by atoms with E-state index in [4.69, 9.17) is 17.3 Å². The van der Waals surface area contributed by atoms with E-state index in [1.165, 1.54) is 0 Å². The first-order valence-corrected chi connectivity index (χ1v) is 6.39. The van der Waals surface area contributed by atoms with Gasteiger partial charge >= 0.3 is 0 Å². The van der Waals surface area contributed by atoms with Gasteiger partial charge in [0.15, 0.2) is 5.65 Å². The second-order valence-electron chi connectivity index (χ2n) is 4.42. The molecule has 0 amide bonds. The molecule has 4 nitrogen and oxygen atoms in total. The first-order valence-electron chi connectivity index (χ1n) is 6.01. The van der Waals surface area contributed by atoms with Crippen LogP contribution in [0.25, 0.3) is 16.9 Å². The van der Waals surface area contributed by atoms with Gasteiger partial charge in [0.05, 0.1) is 11.7 Å². The molecule has 2 N–H and O–H groups in total. The maximum Gasteiger partial charge on any atom is 0.164 e. The van der Waals surface area contributed by atoms with E-state index in [-0.39, 0.29) is 6.04 Å². The van der Waals surface area contributed by atoms with Crippen LogP contribution in [-0.4, -0.2) is 14.5 Å². The molecule has 2 heterocycles. The van der Waals surface area contributed by atoms with Crippen molar-refractivity contribution in [2.75, 3.05) is 0 Å². The molecule has 0 bridgehead atoms. The van der Waals surface area contributed by atoms with Gasteiger partial charge in [0.25, 0.3) is 0 Å². The van der Waals surface area contributed by atoms with E-state index in [9.17, 15) is 0 Å². The number of nitrogens with zero attached hydrogens (tertiary/aromatic N) is 3. The van der Waals surface area contributed by atoms with Gasteiger partial charge in [-0.15, -0.1) is 0 Å². The highest BCUT2D eigenvalue weighted by atomic mass is 35.5. The van der Waals surface area contributed by atoms with Crippen LogP contribution in [0.5, 0.6) is 0 Å². The van der Waals surface area contributed by atoms with Crippen molar-refractivity contribution in [2.45, 2.75) is 13.0 Å². The van der Waals surface area contributed by atoms with E-state index in [0.717, 1.165) is 22.7 Å². The van der Waals surface area contributed by atoms with Gasteiger partial charge in [-0.25, -0.2) is 9.97 Å². The summed E-state index contributed by atoms with van der Waals surface area (Å²) in [6, 6.07) is 11.2. The van der Waals surface area contributed by atoms with Crippen molar-refractivity contribution in [3.8, 4) is 5.69 Å². The fourth-order valence-corrected chi connectivity index (χ4v) is 2.29. The zero-order valence-electron chi connectivity index (χ0n) is 10.4. The van der Waals surface area contributed by atoms with E-state index >= 15 is 0 Å². The quantitative estimate of drug-likeness (QED) is 0.780. The molecule has 1 aromatic carbocycles. The van der Waals surface area contributed by atoms with E-state index in [0.29, 0.717) is 5.02 Å². The number of imidazole rings is 1. The van der Waals surface area contributed by atoms with E-state index in [2.05, 4.69) is 9.97 Å². The zero-order chi connectivity index (χ0) is 13.4. The summed E-state index contributed by atoms with van der Waals surface area (Å²) in [6.45, 7) is 1.91. The number of nitrogens with two attached hydrogens (primary N) is 1. The molecule has 0 fully saturated rings. The minimum absolute atomic E-state index is 0.187. The third-order valence-electron chi connectivity index (χ3n) is 2.92. The van der Waals surface area contributed by atoms with E-state index in [1.54, 1.807) is 6.20 Å². The average Bonchev–Trinajstić information content (AvgIpc) is 2.78. The number of aromatic nitrogens is 3. The van der Waals surface area contributed by atoms with Crippen LogP contribution in [0, 0.1) is 0 Å². The predicted molar refractivity (Wildman–Crippen MR) is 76.5 cm³/mol. The summed E-state index contributed by atoms with van der Waals surface area (Å²) >= 11 is 6.06. The third kappa shape index (κ3) is 2.09. The number of benzene rings is 1. The molecule has 0 aliphatic rings. The van der Waals surface area contributed by atoms with Gasteiger partial charge in [0, 0.05) is 11.2 Å². The van der Waals surface area contributed by atoms with E-state index in [1.807, 2.05) is 47.9 Å². The average molecular weight is 273 g/mol. The maximum atomic E-state index is 6.06. The highest BCUT2D eigenvalue weighted by molar-refractivity contribution is 6.30. The minimum Gasteiger partial charge on any atom is -0.322 e. The predicted octanol–water partition coefficient (Wildman–Crippen LogP) is 3.09. The minimum atomic E-state index is -0.187. The molecule has 0 aliphatic carbocycles.